The minimum absolute atomic E-state index is 0.276. The molecule has 0 spiro atoms. The standard InChI is InChI=1S/C11H10F3N3S/c12-11(13,14)9-7-18-10(17-9)16-6-4-8-3-1-2-5-15-8/h1-3,5,7H,4,6H2,(H,16,17). The van der Waals surface area contributed by atoms with Crippen LogP contribution in [0.2, 0.25) is 0 Å². The average Bonchev–Trinajstić information content (AvgIpc) is 2.79. The van der Waals surface area contributed by atoms with E-state index >= 15 is 0 Å². The predicted molar refractivity (Wildman–Crippen MR) is 63.5 cm³/mol. The molecule has 0 radical (unpaired) electrons. The van der Waals surface area contributed by atoms with Gasteiger partial charge in [-0.05, 0) is 12.1 Å². The van der Waals surface area contributed by atoms with Gasteiger partial charge in [0.2, 0.25) is 0 Å². The van der Waals surface area contributed by atoms with Crippen LogP contribution in [0.1, 0.15) is 11.4 Å². The van der Waals surface area contributed by atoms with Crippen molar-refractivity contribution < 1.29 is 13.2 Å². The average molecular weight is 273 g/mol. The van der Waals surface area contributed by atoms with Crippen LogP contribution in [-0.2, 0) is 12.6 Å². The SMILES string of the molecule is FC(F)(F)c1csc(NCCc2ccccn2)n1. The van der Waals surface area contributed by atoms with Gasteiger partial charge in [0, 0.05) is 30.2 Å². The van der Waals surface area contributed by atoms with Gasteiger partial charge in [-0.2, -0.15) is 13.2 Å². The quantitative estimate of drug-likeness (QED) is 0.929. The Kier molecular flexibility index (Phi) is 3.81. The molecule has 0 unspecified atom stereocenters. The second kappa shape index (κ2) is 5.34. The molecule has 7 heteroatoms. The highest BCUT2D eigenvalue weighted by atomic mass is 32.1. The van der Waals surface area contributed by atoms with Gasteiger partial charge in [0.15, 0.2) is 10.8 Å². The molecule has 3 nitrogen and oxygen atoms in total. The van der Waals surface area contributed by atoms with Gasteiger partial charge in [0.05, 0.1) is 0 Å². The summed E-state index contributed by atoms with van der Waals surface area (Å²) in [5.74, 6) is 0. The highest BCUT2D eigenvalue weighted by molar-refractivity contribution is 7.13. The number of pyridine rings is 1. The molecule has 2 aromatic rings. The Hall–Kier alpha value is -1.63. The van der Waals surface area contributed by atoms with Crippen LogP contribution in [0.4, 0.5) is 18.3 Å². The Labute approximate surface area is 106 Å². The Bertz CT molecular complexity index is 496. The van der Waals surface area contributed by atoms with Crippen LogP contribution in [0.15, 0.2) is 29.8 Å². The van der Waals surface area contributed by atoms with Crippen molar-refractivity contribution in [2.75, 3.05) is 11.9 Å². The van der Waals surface area contributed by atoms with Gasteiger partial charge in [-0.15, -0.1) is 11.3 Å². The molecule has 1 N–H and O–H groups in total. The van der Waals surface area contributed by atoms with Crippen molar-refractivity contribution >= 4 is 16.5 Å². The minimum atomic E-state index is -4.38. The predicted octanol–water partition coefficient (Wildman–Crippen LogP) is 3.21. The molecule has 0 aliphatic rings. The summed E-state index contributed by atoms with van der Waals surface area (Å²) < 4.78 is 36.9. The first-order chi connectivity index (χ1) is 8.55. The summed E-state index contributed by atoms with van der Waals surface area (Å²) in [7, 11) is 0. The molecule has 0 saturated carbocycles. The van der Waals surface area contributed by atoms with Gasteiger partial charge in [0.25, 0.3) is 0 Å². The summed E-state index contributed by atoms with van der Waals surface area (Å²) >= 11 is 0.949. The van der Waals surface area contributed by atoms with Gasteiger partial charge in [-0.1, -0.05) is 6.07 Å². The van der Waals surface area contributed by atoms with E-state index in [1.807, 2.05) is 18.2 Å². The molecule has 0 saturated heterocycles. The summed E-state index contributed by atoms with van der Waals surface area (Å²) in [6, 6.07) is 5.55. The fraction of sp³-hybridized carbons (Fsp3) is 0.273. The molecule has 0 atom stereocenters. The lowest BCUT2D eigenvalue weighted by molar-refractivity contribution is -0.140. The third-order valence-corrected chi connectivity index (χ3v) is 2.98. The number of rotatable bonds is 4. The van der Waals surface area contributed by atoms with Crippen molar-refractivity contribution in [2.24, 2.45) is 0 Å². The van der Waals surface area contributed by atoms with Gasteiger partial charge in [0.1, 0.15) is 0 Å². The Morgan fingerprint density at radius 3 is 2.72 bits per heavy atom. The lowest BCUT2D eigenvalue weighted by atomic mass is 10.3. The molecule has 0 aliphatic carbocycles. The van der Waals surface area contributed by atoms with Gasteiger partial charge in [-0.25, -0.2) is 4.98 Å². The van der Waals surface area contributed by atoms with E-state index in [0.29, 0.717) is 13.0 Å². The maximum Gasteiger partial charge on any atom is 0.434 e. The molecule has 0 fully saturated rings. The molecule has 96 valence electrons. The number of nitrogens with one attached hydrogen (secondary N) is 1. The summed E-state index contributed by atoms with van der Waals surface area (Å²) in [6.07, 6.45) is -2.06. The van der Waals surface area contributed by atoms with E-state index in [4.69, 9.17) is 0 Å². The molecule has 2 aromatic heterocycles. The maximum absolute atomic E-state index is 12.3. The monoisotopic (exact) mass is 273 g/mol. The van der Waals surface area contributed by atoms with Crippen LogP contribution in [0.25, 0.3) is 0 Å². The van der Waals surface area contributed by atoms with Crippen molar-refractivity contribution in [3.63, 3.8) is 0 Å². The van der Waals surface area contributed by atoms with Gasteiger partial charge < -0.3 is 5.32 Å². The molecule has 18 heavy (non-hydrogen) atoms. The second-order valence-corrected chi connectivity index (χ2v) is 4.39. The molecule has 0 bridgehead atoms. The van der Waals surface area contributed by atoms with Crippen molar-refractivity contribution in [3.8, 4) is 0 Å². The minimum Gasteiger partial charge on any atom is -0.361 e. The lowest BCUT2D eigenvalue weighted by Gasteiger charge is -2.02. The van der Waals surface area contributed by atoms with E-state index in [-0.39, 0.29) is 5.13 Å². The van der Waals surface area contributed by atoms with E-state index in [2.05, 4.69) is 15.3 Å². The maximum atomic E-state index is 12.3. The number of anilines is 1. The number of aromatic nitrogens is 2. The molecule has 0 aromatic carbocycles. The summed E-state index contributed by atoms with van der Waals surface area (Å²) in [5, 5.41) is 4.13. The first-order valence-corrected chi connectivity index (χ1v) is 6.10. The highest BCUT2D eigenvalue weighted by Gasteiger charge is 2.33. The Morgan fingerprint density at radius 1 is 1.28 bits per heavy atom. The van der Waals surface area contributed by atoms with E-state index < -0.39 is 11.9 Å². The van der Waals surface area contributed by atoms with Crippen molar-refractivity contribution in [1.29, 1.82) is 0 Å². The van der Waals surface area contributed by atoms with E-state index in [1.54, 1.807) is 6.20 Å². The largest absolute Gasteiger partial charge is 0.434 e. The first-order valence-electron chi connectivity index (χ1n) is 5.22. The smallest absolute Gasteiger partial charge is 0.361 e. The normalized spacial score (nSPS) is 11.5. The van der Waals surface area contributed by atoms with Gasteiger partial charge in [-0.3, -0.25) is 4.98 Å². The van der Waals surface area contributed by atoms with Crippen LogP contribution in [0.5, 0.6) is 0 Å². The lowest BCUT2D eigenvalue weighted by Crippen LogP contribution is -2.08. The molecule has 2 rings (SSSR count). The zero-order valence-corrected chi connectivity index (χ0v) is 10.1. The molecule has 2 heterocycles. The van der Waals surface area contributed by atoms with Gasteiger partial charge >= 0.3 is 6.18 Å². The third kappa shape index (κ3) is 3.43. The van der Waals surface area contributed by atoms with E-state index in [1.165, 1.54) is 0 Å². The Morgan fingerprint density at radius 2 is 2.11 bits per heavy atom. The molecular formula is C11H10F3N3S. The van der Waals surface area contributed by atoms with Crippen LogP contribution >= 0.6 is 11.3 Å². The zero-order valence-electron chi connectivity index (χ0n) is 9.24. The molecule has 0 aliphatic heterocycles. The number of thiazole rings is 1. The molecule has 0 amide bonds. The summed E-state index contributed by atoms with van der Waals surface area (Å²) in [5.41, 5.74) is 0.0328. The molecular weight excluding hydrogens is 263 g/mol. The topological polar surface area (TPSA) is 37.8 Å². The second-order valence-electron chi connectivity index (χ2n) is 3.53. The fourth-order valence-electron chi connectivity index (χ4n) is 1.33. The number of hydrogen-bond acceptors (Lipinski definition) is 4. The number of alkyl halides is 3. The third-order valence-electron chi connectivity index (χ3n) is 2.18. The van der Waals surface area contributed by atoms with Crippen molar-refractivity contribution in [1.82, 2.24) is 9.97 Å². The van der Waals surface area contributed by atoms with Crippen LogP contribution < -0.4 is 5.32 Å². The fourth-order valence-corrected chi connectivity index (χ4v) is 2.07. The number of halogens is 3. The summed E-state index contributed by atoms with van der Waals surface area (Å²) in [4.78, 5) is 7.59. The van der Waals surface area contributed by atoms with E-state index in [9.17, 15) is 13.2 Å². The van der Waals surface area contributed by atoms with Crippen LogP contribution in [0.3, 0.4) is 0 Å². The highest BCUT2D eigenvalue weighted by Crippen LogP contribution is 2.31. The first kappa shape index (κ1) is 12.8. The van der Waals surface area contributed by atoms with E-state index in [0.717, 1.165) is 22.4 Å². The number of hydrogen-bond donors (Lipinski definition) is 1. The van der Waals surface area contributed by atoms with Crippen molar-refractivity contribution in [3.05, 3.63) is 41.2 Å². The summed E-state index contributed by atoms with van der Waals surface area (Å²) in [6.45, 7) is 0.502. The van der Waals surface area contributed by atoms with Crippen molar-refractivity contribution in [2.45, 2.75) is 12.6 Å². The van der Waals surface area contributed by atoms with Crippen LogP contribution in [-0.4, -0.2) is 16.5 Å². The number of nitrogens with zero attached hydrogens (tertiary/aromatic N) is 2. The zero-order chi connectivity index (χ0) is 13.0. The Balaban J connectivity index is 1.86. The van der Waals surface area contributed by atoms with Crippen LogP contribution in [0, 0.1) is 0 Å².